The van der Waals surface area contributed by atoms with Crippen LogP contribution in [0.15, 0.2) is 55.1 Å². The van der Waals surface area contributed by atoms with Gasteiger partial charge in [-0.2, -0.15) is 0 Å². The zero-order valence-corrected chi connectivity index (χ0v) is 13.7. The molecule has 0 unspecified atom stereocenters. The standard InChI is InChI=1S/C14H12ClN4.HI/c1-18-8-6-11(7-9-18)14-16-10-19(17-14)13-4-2-12(15)3-5-13;/h2-10H,1H3;1H/q+1;/p-1. The van der Waals surface area contributed by atoms with Gasteiger partial charge in [0.1, 0.15) is 13.4 Å². The predicted octanol–water partition coefficient (Wildman–Crippen LogP) is -0.584. The number of aromatic nitrogens is 4. The molecule has 4 nitrogen and oxygen atoms in total. The highest BCUT2D eigenvalue weighted by molar-refractivity contribution is 6.30. The van der Waals surface area contributed by atoms with Gasteiger partial charge in [0.25, 0.3) is 0 Å². The van der Waals surface area contributed by atoms with Crippen LogP contribution < -0.4 is 28.5 Å². The number of hydrogen-bond acceptors (Lipinski definition) is 2. The van der Waals surface area contributed by atoms with Crippen molar-refractivity contribution in [2.45, 2.75) is 0 Å². The highest BCUT2D eigenvalue weighted by atomic mass is 127. The van der Waals surface area contributed by atoms with Crippen LogP contribution in [-0.4, -0.2) is 14.8 Å². The number of aryl methyl sites for hydroxylation is 1. The lowest BCUT2D eigenvalue weighted by Crippen LogP contribution is -3.00. The van der Waals surface area contributed by atoms with Crippen molar-refractivity contribution in [1.82, 2.24) is 14.8 Å². The first-order valence-corrected chi connectivity index (χ1v) is 6.23. The molecule has 0 aliphatic heterocycles. The van der Waals surface area contributed by atoms with Crippen LogP contribution in [0.1, 0.15) is 0 Å². The number of pyridine rings is 1. The smallest absolute Gasteiger partial charge is 0.181 e. The summed E-state index contributed by atoms with van der Waals surface area (Å²) in [5, 5.41) is 5.17. The fourth-order valence-corrected chi connectivity index (χ4v) is 1.89. The first-order chi connectivity index (χ1) is 9.22. The molecule has 0 N–H and O–H groups in total. The number of halogens is 2. The Kier molecular flexibility index (Phi) is 4.72. The van der Waals surface area contributed by atoms with Gasteiger partial charge in [0.05, 0.1) is 5.69 Å². The maximum Gasteiger partial charge on any atom is 0.181 e. The second-order valence-corrected chi connectivity index (χ2v) is 4.68. The molecule has 0 fully saturated rings. The summed E-state index contributed by atoms with van der Waals surface area (Å²) in [5.74, 6) is 0.704. The number of nitrogens with zero attached hydrogens (tertiary/aromatic N) is 4. The SMILES string of the molecule is C[n+]1ccc(-c2ncn(-c3ccc(Cl)cc3)n2)cc1.[I-]. The minimum Gasteiger partial charge on any atom is -1.00 e. The van der Waals surface area contributed by atoms with Crippen molar-refractivity contribution in [1.29, 1.82) is 0 Å². The van der Waals surface area contributed by atoms with Gasteiger partial charge in [-0.3, -0.25) is 0 Å². The average molecular weight is 399 g/mol. The summed E-state index contributed by atoms with van der Waals surface area (Å²) in [7, 11) is 1.98. The van der Waals surface area contributed by atoms with Crippen molar-refractivity contribution < 1.29 is 28.5 Å². The van der Waals surface area contributed by atoms with Gasteiger partial charge < -0.3 is 24.0 Å². The van der Waals surface area contributed by atoms with E-state index in [1.165, 1.54) is 0 Å². The first-order valence-electron chi connectivity index (χ1n) is 5.86. The van der Waals surface area contributed by atoms with Gasteiger partial charge in [0, 0.05) is 22.7 Å². The van der Waals surface area contributed by atoms with Crippen LogP contribution >= 0.6 is 11.6 Å². The second-order valence-electron chi connectivity index (χ2n) is 4.24. The van der Waals surface area contributed by atoms with Crippen LogP contribution in [0.4, 0.5) is 0 Å². The third-order valence-electron chi connectivity index (χ3n) is 2.82. The van der Waals surface area contributed by atoms with Gasteiger partial charge in [-0.1, -0.05) is 11.6 Å². The van der Waals surface area contributed by atoms with Crippen molar-refractivity contribution in [2.75, 3.05) is 0 Å². The van der Waals surface area contributed by atoms with Crippen molar-refractivity contribution in [3.05, 3.63) is 60.1 Å². The first kappa shape index (κ1) is 14.9. The Morgan fingerprint density at radius 3 is 2.35 bits per heavy atom. The lowest BCUT2D eigenvalue weighted by Gasteiger charge is -1.99. The minimum absolute atomic E-state index is 0. The molecule has 20 heavy (non-hydrogen) atoms. The Bertz CT molecular complexity index is 632. The molecule has 0 saturated carbocycles. The summed E-state index contributed by atoms with van der Waals surface area (Å²) >= 11 is 5.87. The van der Waals surface area contributed by atoms with Crippen molar-refractivity contribution in [2.24, 2.45) is 7.05 Å². The second kappa shape index (κ2) is 6.32. The van der Waals surface area contributed by atoms with E-state index in [1.807, 2.05) is 60.4 Å². The molecule has 102 valence electrons. The molecule has 0 saturated heterocycles. The maximum atomic E-state index is 5.87. The molecule has 2 heterocycles. The number of rotatable bonds is 2. The molecule has 0 aliphatic rings. The summed E-state index contributed by atoms with van der Waals surface area (Å²) in [5.41, 5.74) is 1.93. The highest BCUT2D eigenvalue weighted by Gasteiger charge is 2.06. The van der Waals surface area contributed by atoms with Gasteiger partial charge in [-0.05, 0) is 24.3 Å². The van der Waals surface area contributed by atoms with Crippen molar-refractivity contribution in [3.63, 3.8) is 0 Å². The number of benzene rings is 1. The van der Waals surface area contributed by atoms with Gasteiger partial charge in [-0.25, -0.2) is 14.2 Å². The maximum absolute atomic E-state index is 5.87. The summed E-state index contributed by atoms with van der Waals surface area (Å²) in [6.45, 7) is 0. The monoisotopic (exact) mass is 398 g/mol. The molecule has 6 heteroatoms. The Labute approximate surface area is 139 Å². The summed E-state index contributed by atoms with van der Waals surface area (Å²) < 4.78 is 3.71. The average Bonchev–Trinajstić information content (AvgIpc) is 2.90. The molecule has 2 aromatic heterocycles. The third-order valence-corrected chi connectivity index (χ3v) is 3.07. The van der Waals surface area contributed by atoms with Crippen LogP contribution in [0, 0.1) is 0 Å². The fourth-order valence-electron chi connectivity index (χ4n) is 1.76. The minimum atomic E-state index is 0. The quantitative estimate of drug-likeness (QED) is 0.428. The normalized spacial score (nSPS) is 10.1. The van der Waals surface area contributed by atoms with E-state index in [0.717, 1.165) is 11.3 Å². The molecular weight excluding hydrogens is 387 g/mol. The van der Waals surface area contributed by atoms with Crippen LogP contribution in [0.3, 0.4) is 0 Å². The zero-order valence-electron chi connectivity index (χ0n) is 10.7. The van der Waals surface area contributed by atoms with Crippen LogP contribution in [-0.2, 0) is 7.05 Å². The molecule has 0 spiro atoms. The van der Waals surface area contributed by atoms with Gasteiger partial charge >= 0.3 is 0 Å². The van der Waals surface area contributed by atoms with E-state index in [2.05, 4.69) is 10.1 Å². The Hall–Kier alpha value is -1.47. The van der Waals surface area contributed by atoms with Crippen LogP contribution in [0.2, 0.25) is 5.02 Å². The van der Waals surface area contributed by atoms with Gasteiger partial charge in [0.2, 0.25) is 0 Å². The summed E-state index contributed by atoms with van der Waals surface area (Å²) in [4.78, 5) is 4.32. The topological polar surface area (TPSA) is 34.6 Å². The molecule has 3 rings (SSSR count). The van der Waals surface area contributed by atoms with Crippen molar-refractivity contribution >= 4 is 11.6 Å². The van der Waals surface area contributed by atoms with E-state index >= 15 is 0 Å². The van der Waals surface area contributed by atoms with Crippen LogP contribution in [0.5, 0.6) is 0 Å². The largest absolute Gasteiger partial charge is 1.00 e. The van der Waals surface area contributed by atoms with E-state index in [1.54, 1.807) is 11.0 Å². The van der Waals surface area contributed by atoms with Gasteiger partial charge in [0.15, 0.2) is 18.2 Å². The molecule has 0 radical (unpaired) electrons. The Morgan fingerprint density at radius 2 is 1.70 bits per heavy atom. The van der Waals surface area contributed by atoms with Gasteiger partial charge in [-0.15, -0.1) is 5.10 Å². The van der Waals surface area contributed by atoms with Crippen LogP contribution in [0.25, 0.3) is 17.1 Å². The van der Waals surface area contributed by atoms with E-state index < -0.39 is 0 Å². The molecule has 0 amide bonds. The molecule has 0 atom stereocenters. The fraction of sp³-hybridized carbons (Fsp3) is 0.0714. The third kappa shape index (κ3) is 3.16. The lowest BCUT2D eigenvalue weighted by atomic mass is 10.2. The molecule has 0 bridgehead atoms. The molecular formula is C14H12ClIN4. The highest BCUT2D eigenvalue weighted by Crippen LogP contribution is 2.16. The lowest BCUT2D eigenvalue weighted by molar-refractivity contribution is -0.671. The molecule has 3 aromatic rings. The van der Waals surface area contributed by atoms with E-state index in [-0.39, 0.29) is 24.0 Å². The molecule has 0 aliphatic carbocycles. The Morgan fingerprint density at radius 1 is 1.05 bits per heavy atom. The number of hydrogen-bond donors (Lipinski definition) is 0. The van der Waals surface area contributed by atoms with E-state index in [9.17, 15) is 0 Å². The summed E-state index contributed by atoms with van der Waals surface area (Å²) in [6, 6.07) is 11.5. The zero-order chi connectivity index (χ0) is 13.2. The van der Waals surface area contributed by atoms with Crippen molar-refractivity contribution in [3.8, 4) is 17.1 Å². The van der Waals surface area contributed by atoms with E-state index in [4.69, 9.17) is 11.6 Å². The predicted molar refractivity (Wildman–Crippen MR) is 73.0 cm³/mol. The summed E-state index contributed by atoms with van der Waals surface area (Å²) in [6.07, 6.45) is 5.64. The Balaban J connectivity index is 0.00000147. The van der Waals surface area contributed by atoms with E-state index in [0.29, 0.717) is 10.8 Å². The molecule has 1 aromatic carbocycles.